The summed E-state index contributed by atoms with van der Waals surface area (Å²) in [5, 5.41) is 1.08. The topological polar surface area (TPSA) is 38.1 Å². The van der Waals surface area contributed by atoms with Crippen LogP contribution >= 0.6 is 0 Å². The van der Waals surface area contributed by atoms with E-state index < -0.39 is 0 Å². The predicted octanol–water partition coefficient (Wildman–Crippen LogP) is 3.72. The minimum absolute atomic E-state index is 0.674. The van der Waals surface area contributed by atoms with E-state index in [1.165, 1.54) is 0 Å². The summed E-state index contributed by atoms with van der Waals surface area (Å²) in [5.74, 6) is 0.674. The molecule has 0 N–H and O–H groups in total. The molecule has 1 heterocycles. The van der Waals surface area contributed by atoms with E-state index in [1.54, 1.807) is 12.3 Å². The van der Waals surface area contributed by atoms with E-state index in [0.717, 1.165) is 22.2 Å². The lowest BCUT2D eigenvalue weighted by Gasteiger charge is -2.02. The van der Waals surface area contributed by atoms with Crippen molar-refractivity contribution in [2.24, 2.45) is 4.99 Å². The normalized spacial score (nSPS) is 11.9. The maximum absolute atomic E-state index is 4.50. The molecule has 0 atom stereocenters. The van der Waals surface area contributed by atoms with Crippen LogP contribution < -0.4 is 0 Å². The number of para-hydroxylation sites is 1. The van der Waals surface area contributed by atoms with Gasteiger partial charge in [0.2, 0.25) is 0 Å². The van der Waals surface area contributed by atoms with Crippen molar-refractivity contribution in [2.45, 2.75) is 6.92 Å². The van der Waals surface area contributed by atoms with Crippen molar-refractivity contribution in [1.29, 1.82) is 0 Å². The molecule has 0 aliphatic carbocycles. The molecule has 0 bridgehead atoms. The monoisotopic (exact) mass is 249 g/mol. The van der Waals surface area contributed by atoms with E-state index in [0.29, 0.717) is 5.82 Å². The number of aryl methyl sites for hydroxylation is 1. The van der Waals surface area contributed by atoms with Gasteiger partial charge >= 0.3 is 0 Å². The first-order chi connectivity index (χ1) is 9.24. The van der Waals surface area contributed by atoms with Crippen molar-refractivity contribution in [3.05, 3.63) is 66.3 Å². The quantitative estimate of drug-likeness (QED) is 0.611. The van der Waals surface area contributed by atoms with Gasteiger partial charge < -0.3 is 0 Å². The van der Waals surface area contributed by atoms with Gasteiger partial charge in [-0.15, -0.1) is 0 Å². The molecule has 0 fully saturated rings. The zero-order valence-corrected chi connectivity index (χ0v) is 10.9. The van der Waals surface area contributed by atoms with E-state index >= 15 is 0 Å². The van der Waals surface area contributed by atoms with Crippen LogP contribution in [-0.4, -0.2) is 16.7 Å². The molecular weight excluding hydrogens is 234 g/mol. The first-order valence-electron chi connectivity index (χ1n) is 5.94. The molecule has 0 aliphatic rings. The lowest BCUT2D eigenvalue weighted by molar-refractivity contribution is 1.12. The van der Waals surface area contributed by atoms with Gasteiger partial charge in [-0.25, -0.2) is 9.97 Å². The summed E-state index contributed by atoms with van der Waals surface area (Å²) >= 11 is 0. The van der Waals surface area contributed by atoms with Gasteiger partial charge in [0, 0.05) is 17.3 Å². The number of fused-ring (bicyclic) bond motifs is 1. The van der Waals surface area contributed by atoms with Crippen LogP contribution in [0.15, 0.2) is 59.8 Å². The van der Waals surface area contributed by atoms with Crippen LogP contribution in [0.3, 0.4) is 0 Å². The standard InChI is InChI=1S/C16H15N3/c1-4-13(11-17-3)9-10-16-18-12(2)14-7-5-6-8-15(14)19-16/h4-11H,1,3H2,2H3/b10-9+,13-11+. The van der Waals surface area contributed by atoms with E-state index in [1.807, 2.05) is 43.3 Å². The number of rotatable bonds is 4. The molecule has 1 aromatic heterocycles. The van der Waals surface area contributed by atoms with Gasteiger partial charge in [-0.3, -0.25) is 4.99 Å². The molecule has 3 nitrogen and oxygen atoms in total. The summed E-state index contributed by atoms with van der Waals surface area (Å²) in [5.41, 5.74) is 2.78. The van der Waals surface area contributed by atoms with Crippen LogP contribution in [-0.2, 0) is 0 Å². The Morgan fingerprint density at radius 1 is 1.26 bits per heavy atom. The van der Waals surface area contributed by atoms with Crippen LogP contribution in [0.4, 0.5) is 0 Å². The molecule has 2 rings (SSSR count). The Morgan fingerprint density at radius 3 is 2.79 bits per heavy atom. The first kappa shape index (κ1) is 12.9. The van der Waals surface area contributed by atoms with Gasteiger partial charge in [-0.1, -0.05) is 30.9 Å². The van der Waals surface area contributed by atoms with Crippen LogP contribution in [0.2, 0.25) is 0 Å². The maximum atomic E-state index is 4.50. The highest BCUT2D eigenvalue weighted by Crippen LogP contribution is 2.15. The zero-order chi connectivity index (χ0) is 13.7. The second-order valence-electron chi connectivity index (χ2n) is 4.03. The second kappa shape index (κ2) is 5.87. The van der Waals surface area contributed by atoms with Crippen LogP contribution in [0.5, 0.6) is 0 Å². The predicted molar refractivity (Wildman–Crippen MR) is 81.1 cm³/mol. The number of allylic oxidation sites excluding steroid dienone is 3. The van der Waals surface area contributed by atoms with Crippen molar-refractivity contribution < 1.29 is 0 Å². The highest BCUT2D eigenvalue weighted by atomic mass is 14.9. The van der Waals surface area contributed by atoms with E-state index in [4.69, 9.17) is 0 Å². The molecule has 2 aromatic rings. The Labute approximate surface area is 112 Å². The SMILES string of the molecule is C=CC(/C=C/c1nc(C)c2ccccc2n1)=C\N=C. The summed E-state index contributed by atoms with van der Waals surface area (Å²) in [6.07, 6.45) is 7.06. The van der Waals surface area contributed by atoms with Gasteiger partial charge in [-0.05, 0) is 37.4 Å². The molecule has 3 heteroatoms. The van der Waals surface area contributed by atoms with E-state index in [-0.39, 0.29) is 0 Å². The third kappa shape index (κ3) is 3.01. The van der Waals surface area contributed by atoms with Crippen molar-refractivity contribution in [1.82, 2.24) is 9.97 Å². The fourth-order valence-electron chi connectivity index (χ4n) is 1.77. The molecule has 1 aromatic carbocycles. The molecule has 0 unspecified atom stereocenters. The number of aromatic nitrogens is 2. The fraction of sp³-hybridized carbons (Fsp3) is 0.0625. The van der Waals surface area contributed by atoms with Crippen molar-refractivity contribution in [2.75, 3.05) is 0 Å². The summed E-state index contributed by atoms with van der Waals surface area (Å²) in [6, 6.07) is 7.97. The van der Waals surface area contributed by atoms with Gasteiger partial charge in [-0.2, -0.15) is 0 Å². The molecule has 0 saturated heterocycles. The molecule has 0 spiro atoms. The number of benzene rings is 1. The molecule has 94 valence electrons. The molecule has 0 aliphatic heterocycles. The number of aliphatic imine (C=N–C) groups is 1. The summed E-state index contributed by atoms with van der Waals surface area (Å²) in [6.45, 7) is 9.11. The molecule has 0 radical (unpaired) electrons. The lowest BCUT2D eigenvalue weighted by atomic mass is 10.2. The summed E-state index contributed by atoms with van der Waals surface area (Å²) in [4.78, 5) is 12.7. The van der Waals surface area contributed by atoms with Gasteiger partial charge in [0.05, 0.1) is 5.52 Å². The largest absolute Gasteiger partial charge is 0.272 e. The van der Waals surface area contributed by atoms with Crippen molar-refractivity contribution in [3.63, 3.8) is 0 Å². The third-order valence-corrected chi connectivity index (χ3v) is 2.71. The smallest absolute Gasteiger partial charge is 0.152 e. The third-order valence-electron chi connectivity index (χ3n) is 2.71. The fourth-order valence-corrected chi connectivity index (χ4v) is 1.77. The first-order valence-corrected chi connectivity index (χ1v) is 5.94. The van der Waals surface area contributed by atoms with Crippen LogP contribution in [0.25, 0.3) is 17.0 Å². The van der Waals surface area contributed by atoms with Gasteiger partial charge in [0.25, 0.3) is 0 Å². The average Bonchev–Trinajstić information content (AvgIpc) is 2.43. The Kier molecular flexibility index (Phi) is 3.98. The van der Waals surface area contributed by atoms with E-state index in [2.05, 4.69) is 28.3 Å². The average molecular weight is 249 g/mol. The van der Waals surface area contributed by atoms with E-state index in [9.17, 15) is 0 Å². The number of nitrogens with zero attached hydrogens (tertiary/aromatic N) is 3. The minimum Gasteiger partial charge on any atom is -0.272 e. The highest BCUT2D eigenvalue weighted by molar-refractivity contribution is 5.81. The van der Waals surface area contributed by atoms with Gasteiger partial charge in [0.1, 0.15) is 0 Å². The Balaban J connectivity index is 2.41. The van der Waals surface area contributed by atoms with Gasteiger partial charge in [0.15, 0.2) is 5.82 Å². The highest BCUT2D eigenvalue weighted by Gasteiger charge is 2.01. The van der Waals surface area contributed by atoms with Crippen molar-refractivity contribution >= 4 is 23.7 Å². The van der Waals surface area contributed by atoms with Crippen LogP contribution in [0, 0.1) is 6.92 Å². The summed E-state index contributed by atoms with van der Waals surface area (Å²) in [7, 11) is 0. The Hall–Kier alpha value is -2.55. The summed E-state index contributed by atoms with van der Waals surface area (Å²) < 4.78 is 0. The molecule has 0 saturated carbocycles. The second-order valence-corrected chi connectivity index (χ2v) is 4.03. The Bertz CT molecular complexity index is 681. The molecular formula is C16H15N3. The number of hydrogen-bond donors (Lipinski definition) is 0. The molecule has 0 amide bonds. The Morgan fingerprint density at radius 2 is 2.05 bits per heavy atom. The maximum Gasteiger partial charge on any atom is 0.152 e. The minimum atomic E-state index is 0.674. The van der Waals surface area contributed by atoms with Crippen LogP contribution in [0.1, 0.15) is 11.5 Å². The number of hydrogen-bond acceptors (Lipinski definition) is 3. The van der Waals surface area contributed by atoms with Crippen molar-refractivity contribution in [3.8, 4) is 0 Å². The molecule has 19 heavy (non-hydrogen) atoms. The zero-order valence-electron chi connectivity index (χ0n) is 10.9. The lowest BCUT2D eigenvalue weighted by Crippen LogP contribution is -1.93.